The molecule has 0 saturated heterocycles. The van der Waals surface area contributed by atoms with Crippen LogP contribution in [-0.2, 0) is 12.3 Å². The molecule has 104 valence electrons. The van der Waals surface area contributed by atoms with Crippen molar-refractivity contribution in [1.29, 1.82) is 0 Å². The van der Waals surface area contributed by atoms with E-state index in [4.69, 9.17) is 12.3 Å². The lowest BCUT2D eigenvalue weighted by Crippen LogP contribution is -2.56. The number of hydrogen-bond donors (Lipinski definition) is 0. The van der Waals surface area contributed by atoms with Crippen LogP contribution in [-0.4, -0.2) is 32.4 Å². The Balaban J connectivity index is 4.95. The van der Waals surface area contributed by atoms with Crippen LogP contribution in [0.15, 0.2) is 0 Å². The van der Waals surface area contributed by atoms with Crippen molar-refractivity contribution in [1.82, 2.24) is 0 Å². The molecule has 8 heteroatoms. The van der Waals surface area contributed by atoms with Gasteiger partial charge in [0.2, 0.25) is 0 Å². The van der Waals surface area contributed by atoms with Gasteiger partial charge in [0.15, 0.2) is 25.0 Å². The van der Waals surface area contributed by atoms with E-state index < -0.39 is 32.4 Å². The molecule has 0 unspecified atom stereocenters. The van der Waals surface area contributed by atoms with Crippen LogP contribution in [0.2, 0.25) is 58.9 Å². The Morgan fingerprint density at radius 3 is 0.824 bits per heavy atom. The molecule has 0 bridgehead atoms. The zero-order valence-corrected chi connectivity index (χ0v) is 18.2. The minimum absolute atomic E-state index is 1.68. The van der Waals surface area contributed by atoms with Gasteiger partial charge in [-0.15, -0.1) is 0 Å². The van der Waals surface area contributed by atoms with E-state index in [0.29, 0.717) is 0 Å². The normalized spacial score (nSPS) is 15.2. The monoisotopic (exact) mass is 374 g/mol. The van der Waals surface area contributed by atoms with E-state index in [1.807, 2.05) is 0 Å². The van der Waals surface area contributed by atoms with Crippen LogP contribution in [0.4, 0.5) is 0 Å². The fourth-order valence-electron chi connectivity index (χ4n) is 1.16. The Bertz CT molecular complexity index is 214. The van der Waals surface area contributed by atoms with Crippen molar-refractivity contribution in [3.63, 3.8) is 0 Å². The van der Waals surface area contributed by atoms with Crippen molar-refractivity contribution in [2.75, 3.05) is 0 Å². The van der Waals surface area contributed by atoms with E-state index in [1.165, 1.54) is 0 Å². The van der Waals surface area contributed by atoms with E-state index in [9.17, 15) is 0 Å². The minimum atomic E-state index is -2.66. The Morgan fingerprint density at radius 2 is 0.706 bits per heavy atom. The highest BCUT2D eigenvalue weighted by atomic mass is 79.9. The molecule has 0 saturated carbocycles. The molecular formula is C9H27BrO3Si4. The lowest BCUT2D eigenvalue weighted by molar-refractivity contribution is 0.290. The Kier molecular flexibility index (Phi) is 6.10. The van der Waals surface area contributed by atoms with Crippen molar-refractivity contribution in [2.45, 2.75) is 58.9 Å². The van der Waals surface area contributed by atoms with Gasteiger partial charge in [-0.1, -0.05) is 0 Å². The lowest BCUT2D eigenvalue weighted by atomic mass is 11.8. The van der Waals surface area contributed by atoms with Crippen LogP contribution >= 0.6 is 15.3 Å². The van der Waals surface area contributed by atoms with Crippen molar-refractivity contribution in [2.24, 2.45) is 0 Å². The molecule has 0 rings (SSSR count). The van der Waals surface area contributed by atoms with Gasteiger partial charge in [0.05, 0.1) is 0 Å². The third kappa shape index (κ3) is 10.8. The lowest BCUT2D eigenvalue weighted by Gasteiger charge is -2.38. The van der Waals surface area contributed by atoms with Crippen LogP contribution < -0.4 is 0 Å². The van der Waals surface area contributed by atoms with Crippen LogP contribution in [0.1, 0.15) is 0 Å². The van der Waals surface area contributed by atoms with Gasteiger partial charge < -0.3 is 12.3 Å². The standard InChI is InChI=1S/C9H27BrO3Si4/c1-14(2,3)11-17(10,12-15(4,5)6)13-16(7,8)9/h1-9H3. The first-order chi connectivity index (χ1) is 7.12. The van der Waals surface area contributed by atoms with Crippen molar-refractivity contribution in [3.8, 4) is 0 Å². The van der Waals surface area contributed by atoms with Crippen LogP contribution in [0.3, 0.4) is 0 Å². The zero-order valence-electron chi connectivity index (χ0n) is 12.6. The summed E-state index contributed by atoms with van der Waals surface area (Å²) in [7, 11) is -7.71. The summed E-state index contributed by atoms with van der Waals surface area (Å²) in [6, 6.07) is 0. The molecule has 0 aliphatic heterocycles. The molecule has 0 aliphatic rings. The molecule has 0 aromatic heterocycles. The van der Waals surface area contributed by atoms with E-state index >= 15 is 0 Å². The van der Waals surface area contributed by atoms with Gasteiger partial charge in [0, 0.05) is 0 Å². The second kappa shape index (κ2) is 5.69. The summed E-state index contributed by atoms with van der Waals surface area (Å²) in [5.41, 5.74) is 0. The molecule has 3 nitrogen and oxygen atoms in total. The van der Waals surface area contributed by atoms with Gasteiger partial charge in [-0.05, 0) is 74.2 Å². The van der Waals surface area contributed by atoms with Crippen LogP contribution in [0.25, 0.3) is 0 Å². The third-order valence-electron chi connectivity index (χ3n) is 1.28. The predicted octanol–water partition coefficient (Wildman–Crippen LogP) is 4.37. The summed E-state index contributed by atoms with van der Waals surface area (Å²) in [5.74, 6) is 0. The Hall–Kier alpha value is 1.23. The van der Waals surface area contributed by atoms with Crippen molar-refractivity contribution >= 4 is 47.7 Å². The van der Waals surface area contributed by atoms with E-state index in [1.54, 1.807) is 0 Å². The molecular weight excluding hydrogens is 348 g/mol. The first-order valence-corrected chi connectivity index (χ1v) is 20.1. The predicted molar refractivity (Wildman–Crippen MR) is 88.0 cm³/mol. The second-order valence-corrected chi connectivity index (χ2v) is 26.1. The molecule has 0 aromatic carbocycles. The maximum absolute atomic E-state index is 6.20. The van der Waals surface area contributed by atoms with Crippen molar-refractivity contribution < 1.29 is 12.3 Å². The maximum atomic E-state index is 6.20. The minimum Gasteiger partial charge on any atom is -0.409 e. The topological polar surface area (TPSA) is 27.7 Å². The van der Waals surface area contributed by atoms with E-state index in [-0.39, 0.29) is 0 Å². The maximum Gasteiger partial charge on any atom is 0.548 e. The number of hydrogen-bond acceptors (Lipinski definition) is 3. The molecule has 0 radical (unpaired) electrons. The first-order valence-electron chi connectivity index (χ1n) is 5.91. The molecule has 17 heavy (non-hydrogen) atoms. The van der Waals surface area contributed by atoms with Gasteiger partial charge in [0.25, 0.3) is 0 Å². The highest BCUT2D eigenvalue weighted by Crippen LogP contribution is 2.29. The van der Waals surface area contributed by atoms with Crippen LogP contribution in [0, 0.1) is 0 Å². The molecule has 0 spiro atoms. The molecule has 0 atom stereocenters. The quantitative estimate of drug-likeness (QED) is 0.510. The SMILES string of the molecule is C[Si](C)(C)O[Si](Br)(O[Si](C)(C)C)O[Si](C)(C)C. The van der Waals surface area contributed by atoms with Gasteiger partial charge in [-0.2, -0.15) is 0 Å². The van der Waals surface area contributed by atoms with Crippen molar-refractivity contribution in [3.05, 3.63) is 0 Å². The fraction of sp³-hybridized carbons (Fsp3) is 1.00. The van der Waals surface area contributed by atoms with Gasteiger partial charge in [0.1, 0.15) is 0 Å². The Morgan fingerprint density at radius 1 is 0.529 bits per heavy atom. The highest BCUT2D eigenvalue weighted by molar-refractivity contribution is 9.25. The van der Waals surface area contributed by atoms with E-state index in [0.717, 1.165) is 0 Å². The summed E-state index contributed by atoms with van der Waals surface area (Å²) < 4.78 is 18.6. The molecule has 0 fully saturated rings. The smallest absolute Gasteiger partial charge is 0.409 e. The summed E-state index contributed by atoms with van der Waals surface area (Å²) in [5, 5.41) is 0. The van der Waals surface area contributed by atoms with Gasteiger partial charge in [-0.3, -0.25) is 0 Å². The summed E-state index contributed by atoms with van der Waals surface area (Å²) >= 11 is 3.67. The average molecular weight is 376 g/mol. The highest BCUT2D eigenvalue weighted by Gasteiger charge is 2.48. The van der Waals surface area contributed by atoms with Crippen LogP contribution in [0.5, 0.6) is 0 Å². The average Bonchev–Trinajstić information content (AvgIpc) is 1.65. The first kappa shape index (κ1) is 18.2. The third-order valence-corrected chi connectivity index (χ3v) is 15.9. The Labute approximate surface area is 119 Å². The molecule has 0 heterocycles. The molecule has 0 amide bonds. The molecule has 0 aromatic rings. The number of halogens is 1. The fourth-order valence-corrected chi connectivity index (χ4v) is 24.7. The number of rotatable bonds is 6. The van der Waals surface area contributed by atoms with Gasteiger partial charge in [-0.25, -0.2) is 0 Å². The summed E-state index contributed by atoms with van der Waals surface area (Å²) in [6.45, 7) is 19.5. The zero-order chi connectivity index (χ0) is 14.1. The molecule has 0 N–H and O–H groups in total. The van der Waals surface area contributed by atoms with Gasteiger partial charge >= 0.3 is 7.42 Å². The summed E-state index contributed by atoms with van der Waals surface area (Å²) in [4.78, 5) is 0. The molecule has 0 aliphatic carbocycles. The second-order valence-electron chi connectivity index (χ2n) is 7.12. The van der Waals surface area contributed by atoms with E-state index in [2.05, 4.69) is 74.2 Å². The largest absolute Gasteiger partial charge is 0.548 e. The summed E-state index contributed by atoms with van der Waals surface area (Å²) in [6.07, 6.45) is 0.